The van der Waals surface area contributed by atoms with Gasteiger partial charge in [-0.2, -0.15) is 0 Å². The van der Waals surface area contributed by atoms with Gasteiger partial charge in [-0.1, -0.05) is 53.7 Å². The first-order valence-electron chi connectivity index (χ1n) is 8.71. The van der Waals surface area contributed by atoms with Crippen molar-refractivity contribution in [1.29, 1.82) is 0 Å². The normalized spacial score (nSPS) is 15.9. The number of oxime groups is 1. The molecule has 0 radical (unpaired) electrons. The maximum absolute atomic E-state index is 13.9. The number of benzene rings is 2. The zero-order valence-electron chi connectivity index (χ0n) is 14.7. The number of hydrogen-bond donors (Lipinski definition) is 1. The van der Waals surface area contributed by atoms with E-state index in [1.54, 1.807) is 23.1 Å². The average molecular weight is 355 g/mol. The summed E-state index contributed by atoms with van der Waals surface area (Å²) in [6, 6.07) is 16.1. The van der Waals surface area contributed by atoms with Crippen LogP contribution in [0.1, 0.15) is 24.5 Å². The third kappa shape index (κ3) is 4.39. The molecule has 0 fully saturated rings. The molecule has 136 valence electrons. The van der Waals surface area contributed by atoms with E-state index in [4.69, 9.17) is 4.84 Å². The summed E-state index contributed by atoms with van der Waals surface area (Å²) in [6.07, 6.45) is 0.168. The van der Waals surface area contributed by atoms with Gasteiger partial charge in [0, 0.05) is 25.1 Å². The zero-order valence-corrected chi connectivity index (χ0v) is 14.7. The number of amides is 2. The second-order valence-electron chi connectivity index (χ2n) is 6.15. The summed E-state index contributed by atoms with van der Waals surface area (Å²) in [5.74, 6) is -0.319. The molecule has 0 aromatic heterocycles. The molecule has 0 unspecified atom stereocenters. The van der Waals surface area contributed by atoms with E-state index in [-0.39, 0.29) is 18.0 Å². The van der Waals surface area contributed by atoms with Crippen molar-refractivity contribution in [2.24, 2.45) is 5.16 Å². The van der Waals surface area contributed by atoms with Crippen molar-refractivity contribution in [3.8, 4) is 0 Å². The molecule has 1 aliphatic rings. The van der Waals surface area contributed by atoms with Crippen molar-refractivity contribution in [3.05, 3.63) is 71.5 Å². The number of carbonyl (C=O) groups is 1. The molecular formula is C20H22FN3O2. The number of carbonyl (C=O) groups excluding carboxylic acids is 1. The van der Waals surface area contributed by atoms with Gasteiger partial charge in [0.15, 0.2) is 6.10 Å². The molecule has 0 bridgehead atoms. The van der Waals surface area contributed by atoms with Crippen molar-refractivity contribution in [2.75, 3.05) is 13.1 Å². The molecule has 1 atom stereocenters. The van der Waals surface area contributed by atoms with Gasteiger partial charge < -0.3 is 15.1 Å². The lowest BCUT2D eigenvalue weighted by atomic mass is 10.0. The van der Waals surface area contributed by atoms with Crippen molar-refractivity contribution in [1.82, 2.24) is 10.2 Å². The molecule has 0 saturated carbocycles. The highest BCUT2D eigenvalue weighted by Crippen LogP contribution is 2.20. The Morgan fingerprint density at radius 2 is 1.96 bits per heavy atom. The van der Waals surface area contributed by atoms with E-state index >= 15 is 0 Å². The Hall–Kier alpha value is -2.89. The smallest absolute Gasteiger partial charge is 0.317 e. The van der Waals surface area contributed by atoms with Crippen molar-refractivity contribution >= 4 is 11.7 Å². The number of halogens is 1. The van der Waals surface area contributed by atoms with Gasteiger partial charge in [-0.3, -0.25) is 0 Å². The molecular weight excluding hydrogens is 333 g/mol. The largest absolute Gasteiger partial charge is 0.390 e. The summed E-state index contributed by atoms with van der Waals surface area (Å²) in [4.78, 5) is 19.6. The predicted octanol–water partition coefficient (Wildman–Crippen LogP) is 3.55. The van der Waals surface area contributed by atoms with Crippen LogP contribution in [0, 0.1) is 5.82 Å². The first-order valence-corrected chi connectivity index (χ1v) is 8.71. The van der Waals surface area contributed by atoms with Crippen LogP contribution in [0.2, 0.25) is 0 Å². The minimum absolute atomic E-state index is 0.153. The van der Waals surface area contributed by atoms with Gasteiger partial charge in [0.25, 0.3) is 0 Å². The Kier molecular flexibility index (Phi) is 5.84. The summed E-state index contributed by atoms with van der Waals surface area (Å²) in [5.41, 5.74) is 2.05. The first-order chi connectivity index (χ1) is 12.7. The first kappa shape index (κ1) is 17.9. The second kappa shape index (κ2) is 8.47. The van der Waals surface area contributed by atoms with E-state index in [2.05, 4.69) is 10.5 Å². The standard InChI is InChI=1S/C20H22FN3O2/c1-2-22-20(25)24(13-15-8-4-3-5-9-15)14-16-12-19(23-26-16)17-10-6-7-11-18(17)21/h3-11,16H,2,12-14H2,1H3,(H,22,25)/t16-/m1/s1. The molecule has 2 aromatic rings. The fraction of sp³-hybridized carbons (Fsp3) is 0.300. The quantitative estimate of drug-likeness (QED) is 0.861. The van der Waals surface area contributed by atoms with Crippen LogP contribution in [0.25, 0.3) is 0 Å². The highest BCUT2D eigenvalue weighted by Gasteiger charge is 2.27. The zero-order chi connectivity index (χ0) is 18.4. The summed E-state index contributed by atoms with van der Waals surface area (Å²) >= 11 is 0. The lowest BCUT2D eigenvalue weighted by molar-refractivity contribution is 0.0590. The SMILES string of the molecule is CCNC(=O)N(Cc1ccccc1)C[C@H]1CC(c2ccccc2F)=NO1. The molecule has 0 spiro atoms. The van der Waals surface area contributed by atoms with Gasteiger partial charge in [-0.05, 0) is 18.6 Å². The third-order valence-corrected chi connectivity index (χ3v) is 4.17. The highest BCUT2D eigenvalue weighted by atomic mass is 19.1. The van der Waals surface area contributed by atoms with Crippen LogP contribution in [0.4, 0.5) is 9.18 Å². The van der Waals surface area contributed by atoms with Crippen LogP contribution >= 0.6 is 0 Å². The molecule has 6 heteroatoms. The number of hydrogen-bond acceptors (Lipinski definition) is 3. The van der Waals surface area contributed by atoms with Crippen LogP contribution in [0.5, 0.6) is 0 Å². The van der Waals surface area contributed by atoms with Crippen molar-refractivity contribution in [2.45, 2.75) is 26.0 Å². The van der Waals surface area contributed by atoms with Gasteiger partial charge in [0.05, 0.1) is 12.3 Å². The van der Waals surface area contributed by atoms with Crippen LogP contribution in [-0.2, 0) is 11.4 Å². The Morgan fingerprint density at radius 3 is 2.69 bits per heavy atom. The third-order valence-electron chi connectivity index (χ3n) is 4.17. The van der Waals surface area contributed by atoms with E-state index in [1.807, 2.05) is 37.3 Å². The highest BCUT2D eigenvalue weighted by molar-refractivity contribution is 6.01. The fourth-order valence-electron chi connectivity index (χ4n) is 2.91. The summed E-state index contributed by atoms with van der Waals surface area (Å²) in [5, 5.41) is 6.86. The van der Waals surface area contributed by atoms with E-state index in [0.29, 0.717) is 37.3 Å². The summed E-state index contributed by atoms with van der Waals surface area (Å²) in [7, 11) is 0. The molecule has 1 heterocycles. The van der Waals surface area contributed by atoms with E-state index < -0.39 is 0 Å². The number of urea groups is 1. The van der Waals surface area contributed by atoms with E-state index in [1.165, 1.54) is 6.07 Å². The number of rotatable bonds is 6. The van der Waals surface area contributed by atoms with Gasteiger partial charge >= 0.3 is 6.03 Å². The molecule has 26 heavy (non-hydrogen) atoms. The van der Waals surface area contributed by atoms with Crippen LogP contribution in [0.3, 0.4) is 0 Å². The van der Waals surface area contributed by atoms with Gasteiger partial charge in [-0.25, -0.2) is 9.18 Å². The monoisotopic (exact) mass is 355 g/mol. The lowest BCUT2D eigenvalue weighted by Crippen LogP contribution is -2.43. The maximum atomic E-state index is 13.9. The summed E-state index contributed by atoms with van der Waals surface area (Å²) in [6.45, 7) is 3.28. The Balaban J connectivity index is 1.66. The summed E-state index contributed by atoms with van der Waals surface area (Å²) < 4.78 is 13.9. The molecule has 5 nitrogen and oxygen atoms in total. The molecule has 0 aliphatic carbocycles. The minimum Gasteiger partial charge on any atom is -0.390 e. The molecule has 1 N–H and O–H groups in total. The Labute approximate surface area is 152 Å². The lowest BCUT2D eigenvalue weighted by Gasteiger charge is -2.25. The molecule has 2 amide bonds. The minimum atomic E-state index is -0.319. The van der Waals surface area contributed by atoms with Crippen molar-refractivity contribution in [3.63, 3.8) is 0 Å². The van der Waals surface area contributed by atoms with Gasteiger partial charge in [0.1, 0.15) is 5.82 Å². The van der Waals surface area contributed by atoms with Crippen LogP contribution < -0.4 is 5.32 Å². The molecule has 1 aliphatic heterocycles. The van der Waals surface area contributed by atoms with Gasteiger partial charge in [-0.15, -0.1) is 0 Å². The number of nitrogens with zero attached hydrogens (tertiary/aromatic N) is 2. The topological polar surface area (TPSA) is 53.9 Å². The van der Waals surface area contributed by atoms with Crippen LogP contribution in [0.15, 0.2) is 59.8 Å². The van der Waals surface area contributed by atoms with Crippen molar-refractivity contribution < 1.29 is 14.0 Å². The predicted molar refractivity (Wildman–Crippen MR) is 98.4 cm³/mol. The Bertz CT molecular complexity index is 780. The average Bonchev–Trinajstić information content (AvgIpc) is 3.11. The van der Waals surface area contributed by atoms with Crippen LogP contribution in [-0.4, -0.2) is 35.8 Å². The number of nitrogens with one attached hydrogen (secondary N) is 1. The van der Waals surface area contributed by atoms with Gasteiger partial charge in [0.2, 0.25) is 0 Å². The second-order valence-corrected chi connectivity index (χ2v) is 6.15. The van der Waals surface area contributed by atoms with E-state index in [9.17, 15) is 9.18 Å². The van der Waals surface area contributed by atoms with E-state index in [0.717, 1.165) is 5.56 Å². The fourth-order valence-corrected chi connectivity index (χ4v) is 2.91. The Morgan fingerprint density at radius 1 is 1.23 bits per heavy atom. The molecule has 3 rings (SSSR count). The maximum Gasteiger partial charge on any atom is 0.317 e. The molecule has 2 aromatic carbocycles. The molecule has 0 saturated heterocycles.